The Hall–Kier alpha value is -2.07. The van der Waals surface area contributed by atoms with Crippen molar-refractivity contribution >= 4 is 28.9 Å². The van der Waals surface area contributed by atoms with Gasteiger partial charge in [-0.3, -0.25) is 4.79 Å². The summed E-state index contributed by atoms with van der Waals surface area (Å²) in [6, 6.07) is 8.95. The molecular formula is C14H12ClFN2O. The minimum Gasteiger partial charge on any atom is -0.399 e. The van der Waals surface area contributed by atoms with Crippen molar-refractivity contribution in [2.24, 2.45) is 0 Å². The summed E-state index contributed by atoms with van der Waals surface area (Å²) >= 11 is 5.95. The van der Waals surface area contributed by atoms with Crippen molar-refractivity contribution in [2.75, 3.05) is 11.1 Å². The third kappa shape index (κ3) is 3.03. The molecule has 3 N–H and O–H groups in total. The fourth-order valence-corrected chi connectivity index (χ4v) is 1.78. The van der Waals surface area contributed by atoms with Gasteiger partial charge in [-0.1, -0.05) is 11.6 Å². The monoisotopic (exact) mass is 278 g/mol. The number of carbonyl (C=O) groups is 1. The van der Waals surface area contributed by atoms with Crippen LogP contribution in [-0.4, -0.2) is 5.91 Å². The third-order valence-electron chi connectivity index (χ3n) is 2.66. The van der Waals surface area contributed by atoms with E-state index in [4.69, 9.17) is 17.3 Å². The molecule has 5 heteroatoms. The quantitative estimate of drug-likeness (QED) is 0.824. The molecule has 0 saturated heterocycles. The zero-order valence-electron chi connectivity index (χ0n) is 10.2. The summed E-state index contributed by atoms with van der Waals surface area (Å²) in [5.74, 6) is -0.714. The zero-order chi connectivity index (χ0) is 14.0. The van der Waals surface area contributed by atoms with Gasteiger partial charge in [0.05, 0.1) is 10.7 Å². The molecule has 98 valence electrons. The number of anilines is 2. The molecule has 0 heterocycles. The Morgan fingerprint density at radius 1 is 1.26 bits per heavy atom. The molecule has 2 aromatic carbocycles. The number of rotatable bonds is 2. The Labute approximate surface area is 115 Å². The number of hydrogen-bond acceptors (Lipinski definition) is 2. The van der Waals surface area contributed by atoms with Crippen molar-refractivity contribution < 1.29 is 9.18 Å². The maximum Gasteiger partial charge on any atom is 0.255 e. The molecular weight excluding hydrogens is 267 g/mol. The van der Waals surface area contributed by atoms with Crippen LogP contribution < -0.4 is 11.1 Å². The van der Waals surface area contributed by atoms with Gasteiger partial charge in [-0.05, 0) is 48.9 Å². The summed E-state index contributed by atoms with van der Waals surface area (Å²) in [5, 5.41) is 3.03. The fraction of sp³-hybridized carbons (Fsp3) is 0.0714. The lowest BCUT2D eigenvalue weighted by Crippen LogP contribution is -2.12. The molecule has 0 aliphatic carbocycles. The van der Waals surface area contributed by atoms with Crippen molar-refractivity contribution in [3.8, 4) is 0 Å². The lowest BCUT2D eigenvalue weighted by molar-refractivity contribution is 0.102. The molecule has 3 nitrogen and oxygen atoms in total. The predicted octanol–water partition coefficient (Wildman–Crippen LogP) is 3.62. The number of aryl methyl sites for hydroxylation is 1. The summed E-state index contributed by atoms with van der Waals surface area (Å²) in [6.07, 6.45) is 0. The number of benzene rings is 2. The molecule has 0 atom stereocenters. The van der Waals surface area contributed by atoms with Crippen LogP contribution in [0.2, 0.25) is 5.02 Å². The zero-order valence-corrected chi connectivity index (χ0v) is 11.0. The average Bonchev–Trinajstić information content (AvgIpc) is 2.37. The van der Waals surface area contributed by atoms with Crippen LogP contribution in [0.3, 0.4) is 0 Å². The lowest BCUT2D eigenvalue weighted by atomic mass is 10.1. The van der Waals surface area contributed by atoms with Crippen molar-refractivity contribution in [2.45, 2.75) is 6.92 Å². The Bertz CT molecular complexity index is 643. The summed E-state index contributed by atoms with van der Waals surface area (Å²) in [6.45, 7) is 1.60. The van der Waals surface area contributed by atoms with Gasteiger partial charge in [0.15, 0.2) is 0 Å². The molecule has 0 radical (unpaired) electrons. The highest BCUT2D eigenvalue weighted by molar-refractivity contribution is 6.34. The highest BCUT2D eigenvalue weighted by Crippen LogP contribution is 2.24. The predicted molar refractivity (Wildman–Crippen MR) is 75.0 cm³/mol. The van der Waals surface area contributed by atoms with Crippen molar-refractivity contribution in [3.63, 3.8) is 0 Å². The largest absolute Gasteiger partial charge is 0.399 e. The molecule has 19 heavy (non-hydrogen) atoms. The first-order chi connectivity index (χ1) is 8.97. The summed E-state index contributed by atoms with van der Waals surface area (Å²) in [7, 11) is 0. The summed E-state index contributed by atoms with van der Waals surface area (Å²) in [5.41, 5.74) is 7.31. The van der Waals surface area contributed by atoms with Crippen molar-refractivity contribution in [3.05, 3.63) is 58.4 Å². The van der Waals surface area contributed by atoms with E-state index in [1.165, 1.54) is 18.2 Å². The van der Waals surface area contributed by atoms with E-state index < -0.39 is 0 Å². The number of hydrogen-bond donors (Lipinski definition) is 2. The lowest BCUT2D eigenvalue weighted by Gasteiger charge is -2.08. The van der Waals surface area contributed by atoms with Gasteiger partial charge in [0.25, 0.3) is 5.91 Å². The minimum absolute atomic E-state index is 0.349. The standard InChI is InChI=1S/C14H12ClFN2O/c1-8-6-9(2-5-12(8)16)14(19)18-13-7-10(17)3-4-11(13)15/h2-7H,17H2,1H3,(H,18,19). The molecule has 1 amide bonds. The second-order valence-corrected chi connectivity index (χ2v) is 4.56. The van der Waals surface area contributed by atoms with Gasteiger partial charge in [0.1, 0.15) is 5.82 Å². The first kappa shape index (κ1) is 13.4. The van der Waals surface area contributed by atoms with Gasteiger partial charge < -0.3 is 11.1 Å². The molecule has 0 aliphatic heterocycles. The van der Waals surface area contributed by atoms with Crippen LogP contribution in [0, 0.1) is 12.7 Å². The van der Waals surface area contributed by atoms with E-state index in [2.05, 4.69) is 5.32 Å². The van der Waals surface area contributed by atoms with Crippen molar-refractivity contribution in [1.29, 1.82) is 0 Å². The number of halogens is 2. The molecule has 0 saturated carbocycles. The number of nitrogens with one attached hydrogen (secondary N) is 1. The van der Waals surface area contributed by atoms with Crippen molar-refractivity contribution in [1.82, 2.24) is 0 Å². The smallest absolute Gasteiger partial charge is 0.255 e. The van der Waals surface area contributed by atoms with Crippen LogP contribution >= 0.6 is 11.6 Å². The highest BCUT2D eigenvalue weighted by Gasteiger charge is 2.10. The Balaban J connectivity index is 2.25. The van der Waals surface area contributed by atoms with E-state index in [1.54, 1.807) is 25.1 Å². The second-order valence-electron chi connectivity index (χ2n) is 4.16. The van der Waals surface area contributed by atoms with Gasteiger partial charge in [-0.25, -0.2) is 4.39 Å². The average molecular weight is 279 g/mol. The van der Waals surface area contributed by atoms with E-state index >= 15 is 0 Å². The van der Waals surface area contributed by atoms with Crippen LogP contribution in [-0.2, 0) is 0 Å². The van der Waals surface area contributed by atoms with E-state index in [0.717, 1.165) is 0 Å². The SMILES string of the molecule is Cc1cc(C(=O)Nc2cc(N)ccc2Cl)ccc1F. The van der Waals surface area contributed by atoms with Gasteiger partial charge >= 0.3 is 0 Å². The first-order valence-electron chi connectivity index (χ1n) is 5.60. The van der Waals surface area contributed by atoms with Crippen LogP contribution in [0.25, 0.3) is 0 Å². The van der Waals surface area contributed by atoms with E-state index in [9.17, 15) is 9.18 Å². The molecule has 0 unspecified atom stereocenters. The van der Waals surface area contributed by atoms with Crippen LogP contribution in [0.4, 0.5) is 15.8 Å². The molecule has 2 rings (SSSR count). The normalized spacial score (nSPS) is 10.3. The van der Waals surface area contributed by atoms with Crippen LogP contribution in [0.15, 0.2) is 36.4 Å². The fourth-order valence-electron chi connectivity index (χ4n) is 1.62. The number of carbonyl (C=O) groups excluding carboxylic acids is 1. The van der Waals surface area contributed by atoms with Gasteiger partial charge in [-0.2, -0.15) is 0 Å². The highest BCUT2D eigenvalue weighted by atomic mass is 35.5. The minimum atomic E-state index is -0.365. The third-order valence-corrected chi connectivity index (χ3v) is 2.99. The molecule has 0 spiro atoms. The first-order valence-corrected chi connectivity index (χ1v) is 5.97. The molecule has 0 fully saturated rings. The Kier molecular flexibility index (Phi) is 3.71. The number of nitrogens with two attached hydrogens (primary N) is 1. The molecule has 2 aromatic rings. The van der Waals surface area contributed by atoms with Gasteiger partial charge in [0, 0.05) is 11.3 Å². The van der Waals surface area contributed by atoms with E-state index in [-0.39, 0.29) is 11.7 Å². The van der Waals surface area contributed by atoms with Gasteiger partial charge in [0.2, 0.25) is 0 Å². The van der Waals surface area contributed by atoms with E-state index in [1.807, 2.05) is 0 Å². The molecule has 0 bridgehead atoms. The molecule has 0 aromatic heterocycles. The Morgan fingerprint density at radius 2 is 2.00 bits per heavy atom. The van der Waals surface area contributed by atoms with Gasteiger partial charge in [-0.15, -0.1) is 0 Å². The number of amides is 1. The van der Waals surface area contributed by atoms with E-state index in [0.29, 0.717) is 27.5 Å². The maximum atomic E-state index is 13.1. The second kappa shape index (κ2) is 5.28. The topological polar surface area (TPSA) is 55.1 Å². The maximum absolute atomic E-state index is 13.1. The number of nitrogen functional groups attached to an aromatic ring is 1. The van der Waals surface area contributed by atoms with Crippen LogP contribution in [0.5, 0.6) is 0 Å². The summed E-state index contributed by atoms with van der Waals surface area (Å²) in [4.78, 5) is 12.0. The Morgan fingerprint density at radius 3 is 2.68 bits per heavy atom. The molecule has 0 aliphatic rings. The van der Waals surface area contributed by atoms with Crippen LogP contribution in [0.1, 0.15) is 15.9 Å². The summed E-state index contributed by atoms with van der Waals surface area (Å²) < 4.78 is 13.1.